The highest BCUT2D eigenvalue weighted by molar-refractivity contribution is 6.76. The summed E-state index contributed by atoms with van der Waals surface area (Å²) in [6.45, 7) is 17.6. The zero-order chi connectivity index (χ0) is 39.0. The molecule has 1 aliphatic rings. The molecule has 2 aromatic carbocycles. The molecule has 0 radical (unpaired) electrons. The number of ether oxygens (including phenoxy) is 2. The molecule has 5 aromatic rings. The zero-order valence-corrected chi connectivity index (χ0v) is 34.7. The third-order valence-electron chi connectivity index (χ3n) is 10.0. The summed E-state index contributed by atoms with van der Waals surface area (Å²) in [6, 6.07) is 30.1. The Hall–Kier alpha value is -4.64. The predicted molar refractivity (Wildman–Crippen MR) is 222 cm³/mol. The minimum atomic E-state index is -1.29. The first kappa shape index (κ1) is 40.0. The third-order valence-corrected chi connectivity index (χ3v) is 11.7. The van der Waals surface area contributed by atoms with E-state index >= 15 is 0 Å². The van der Waals surface area contributed by atoms with Crippen LogP contribution in [-0.4, -0.2) is 62.7 Å². The van der Waals surface area contributed by atoms with E-state index in [4.69, 9.17) is 19.4 Å². The van der Waals surface area contributed by atoms with Gasteiger partial charge >= 0.3 is 6.09 Å². The molecule has 1 amide bonds. The molecule has 2 unspecified atom stereocenters. The molecule has 0 saturated carbocycles. The number of benzene rings is 2. The van der Waals surface area contributed by atoms with Gasteiger partial charge in [0.1, 0.15) is 11.4 Å². The van der Waals surface area contributed by atoms with Crippen molar-refractivity contribution in [3.8, 4) is 11.3 Å². The fourth-order valence-corrected chi connectivity index (χ4v) is 7.91. The number of nitrogens with zero attached hydrogens (tertiary/aromatic N) is 5. The molecule has 0 fully saturated rings. The predicted octanol–water partition coefficient (Wildman–Crippen LogP) is 10.1. The SMILES string of the molecule is Cc1nc(C(COCC[Si](C)(C)C)N(Cc2ccc(CN(Cc3ccccn3)C(=O)OC(C)(C)C)cc2)C2CCCc3cccnc32)[nH]c1-c1ccccc1. The molecule has 3 heterocycles. The number of imidazole rings is 1. The van der Waals surface area contributed by atoms with Crippen LogP contribution in [0.5, 0.6) is 0 Å². The molecule has 0 saturated heterocycles. The zero-order valence-electron chi connectivity index (χ0n) is 33.7. The molecule has 290 valence electrons. The number of hydrogen-bond donors (Lipinski definition) is 1. The van der Waals surface area contributed by atoms with Crippen LogP contribution in [0.3, 0.4) is 0 Å². The summed E-state index contributed by atoms with van der Waals surface area (Å²) in [5.74, 6) is 0.909. The van der Waals surface area contributed by atoms with Crippen molar-refractivity contribution in [2.75, 3.05) is 13.2 Å². The van der Waals surface area contributed by atoms with Crippen LogP contribution in [0.15, 0.2) is 97.3 Å². The van der Waals surface area contributed by atoms with Crippen molar-refractivity contribution in [3.05, 3.63) is 137 Å². The molecule has 6 rings (SSSR count). The number of H-pyrrole nitrogens is 1. The van der Waals surface area contributed by atoms with Crippen LogP contribution in [0.25, 0.3) is 11.3 Å². The van der Waals surface area contributed by atoms with Crippen molar-refractivity contribution < 1.29 is 14.3 Å². The lowest BCUT2D eigenvalue weighted by Gasteiger charge is -2.39. The van der Waals surface area contributed by atoms with Crippen molar-refractivity contribution in [2.45, 2.75) is 110 Å². The standard InChI is InChI=1S/C45H58N6O3Si/c1-33-41(36-15-9-8-10-16-36)49-43(48-33)40(32-53-27-28-55(5,6)7)51(39-20-13-17-37-18-14-26-47-42(37)39)30-35-23-21-34(22-24-35)29-50(44(52)54-45(2,3)4)31-38-19-11-12-25-46-38/h8-12,14-16,18-19,21-26,39-40H,13,17,20,27-32H2,1-7H3,(H,48,49). The van der Waals surface area contributed by atoms with E-state index in [2.05, 4.69) is 102 Å². The Labute approximate surface area is 328 Å². The summed E-state index contributed by atoms with van der Waals surface area (Å²) in [4.78, 5) is 36.1. The highest BCUT2D eigenvalue weighted by Crippen LogP contribution is 2.39. The number of carbonyl (C=O) groups is 1. The van der Waals surface area contributed by atoms with Gasteiger partial charge in [-0.3, -0.25) is 19.8 Å². The number of aromatic nitrogens is 4. The smallest absolute Gasteiger partial charge is 0.410 e. The van der Waals surface area contributed by atoms with E-state index in [1.165, 1.54) is 11.1 Å². The van der Waals surface area contributed by atoms with Gasteiger partial charge in [-0.2, -0.15) is 0 Å². The van der Waals surface area contributed by atoms with Crippen LogP contribution >= 0.6 is 0 Å². The van der Waals surface area contributed by atoms with E-state index in [0.717, 1.165) is 71.6 Å². The van der Waals surface area contributed by atoms with E-state index in [0.29, 0.717) is 26.2 Å². The Bertz CT molecular complexity index is 1970. The number of aromatic amines is 1. The largest absolute Gasteiger partial charge is 0.444 e. The highest BCUT2D eigenvalue weighted by Gasteiger charge is 2.35. The average Bonchev–Trinajstić information content (AvgIpc) is 3.55. The van der Waals surface area contributed by atoms with Gasteiger partial charge in [-0.05, 0) is 93.5 Å². The minimum Gasteiger partial charge on any atom is -0.444 e. The second-order valence-corrected chi connectivity index (χ2v) is 22.6. The van der Waals surface area contributed by atoms with Gasteiger partial charge in [-0.25, -0.2) is 9.78 Å². The third kappa shape index (κ3) is 11.2. The number of hydrogen-bond acceptors (Lipinski definition) is 7. The van der Waals surface area contributed by atoms with Crippen LogP contribution in [0.1, 0.15) is 85.3 Å². The van der Waals surface area contributed by atoms with Gasteiger partial charge in [-0.15, -0.1) is 0 Å². The molecule has 0 bridgehead atoms. The molecule has 1 N–H and O–H groups in total. The minimum absolute atomic E-state index is 0.0850. The van der Waals surface area contributed by atoms with Gasteiger partial charge in [0.15, 0.2) is 0 Å². The first-order valence-corrected chi connectivity index (χ1v) is 23.4. The molecular formula is C45H58N6O3Si. The fourth-order valence-electron chi connectivity index (χ4n) is 7.16. The maximum Gasteiger partial charge on any atom is 0.410 e. The monoisotopic (exact) mass is 758 g/mol. The molecule has 0 spiro atoms. The van der Waals surface area contributed by atoms with Crippen molar-refractivity contribution in [2.24, 2.45) is 0 Å². The van der Waals surface area contributed by atoms with E-state index in [-0.39, 0.29) is 18.2 Å². The summed E-state index contributed by atoms with van der Waals surface area (Å²) in [5.41, 5.74) is 7.97. The summed E-state index contributed by atoms with van der Waals surface area (Å²) >= 11 is 0. The Balaban J connectivity index is 1.33. The van der Waals surface area contributed by atoms with Gasteiger partial charge in [0, 0.05) is 40.2 Å². The summed E-state index contributed by atoms with van der Waals surface area (Å²) in [7, 11) is -1.29. The van der Waals surface area contributed by atoms with E-state index < -0.39 is 13.7 Å². The van der Waals surface area contributed by atoms with Gasteiger partial charge < -0.3 is 14.5 Å². The Morgan fingerprint density at radius 1 is 0.891 bits per heavy atom. The number of carbonyl (C=O) groups excluding carboxylic acids is 1. The lowest BCUT2D eigenvalue weighted by Crippen LogP contribution is -2.38. The van der Waals surface area contributed by atoms with Gasteiger partial charge in [0.25, 0.3) is 0 Å². The average molecular weight is 759 g/mol. The van der Waals surface area contributed by atoms with Crippen LogP contribution in [0.2, 0.25) is 25.7 Å². The maximum absolute atomic E-state index is 13.4. The highest BCUT2D eigenvalue weighted by atomic mass is 28.3. The maximum atomic E-state index is 13.4. The Morgan fingerprint density at radius 3 is 2.29 bits per heavy atom. The van der Waals surface area contributed by atoms with Crippen LogP contribution in [0, 0.1) is 6.92 Å². The summed E-state index contributed by atoms with van der Waals surface area (Å²) in [5, 5.41) is 0. The number of nitrogens with one attached hydrogen (secondary N) is 1. The van der Waals surface area contributed by atoms with Crippen molar-refractivity contribution >= 4 is 14.2 Å². The van der Waals surface area contributed by atoms with E-state index in [9.17, 15) is 4.79 Å². The normalized spacial score (nSPS) is 15.1. The molecule has 55 heavy (non-hydrogen) atoms. The molecule has 0 aliphatic heterocycles. The quantitative estimate of drug-likeness (QED) is 0.0839. The lowest BCUT2D eigenvalue weighted by molar-refractivity contribution is 0.0214. The van der Waals surface area contributed by atoms with E-state index in [1.54, 1.807) is 11.1 Å². The number of aryl methyl sites for hydroxylation is 2. The van der Waals surface area contributed by atoms with Crippen LogP contribution < -0.4 is 0 Å². The summed E-state index contributed by atoms with van der Waals surface area (Å²) in [6.07, 6.45) is 6.43. The first-order valence-electron chi connectivity index (χ1n) is 19.7. The van der Waals surface area contributed by atoms with Gasteiger partial charge in [0.05, 0.1) is 48.0 Å². The number of fused-ring (bicyclic) bond motifs is 1. The number of rotatable bonds is 15. The Kier molecular flexibility index (Phi) is 13.0. The van der Waals surface area contributed by atoms with Crippen molar-refractivity contribution in [1.82, 2.24) is 29.7 Å². The van der Waals surface area contributed by atoms with E-state index in [1.807, 2.05) is 51.2 Å². The molecule has 9 nitrogen and oxygen atoms in total. The second kappa shape index (κ2) is 17.9. The number of pyridine rings is 2. The van der Waals surface area contributed by atoms with Crippen LogP contribution in [0.4, 0.5) is 4.79 Å². The lowest BCUT2D eigenvalue weighted by atomic mass is 9.89. The van der Waals surface area contributed by atoms with Gasteiger partial charge in [-0.1, -0.05) is 86.4 Å². The Morgan fingerprint density at radius 2 is 1.60 bits per heavy atom. The molecule has 3 aromatic heterocycles. The summed E-state index contributed by atoms with van der Waals surface area (Å²) < 4.78 is 12.4. The molecular weight excluding hydrogens is 701 g/mol. The fraction of sp³-hybridized carbons (Fsp3) is 0.422. The molecule has 2 atom stereocenters. The van der Waals surface area contributed by atoms with Crippen LogP contribution in [-0.2, 0) is 35.5 Å². The molecule has 10 heteroatoms. The van der Waals surface area contributed by atoms with Crippen molar-refractivity contribution in [3.63, 3.8) is 0 Å². The topological polar surface area (TPSA) is 96.5 Å². The first-order chi connectivity index (χ1) is 26.3. The second-order valence-electron chi connectivity index (χ2n) is 17.0. The number of amides is 1. The van der Waals surface area contributed by atoms with Gasteiger partial charge in [0.2, 0.25) is 0 Å². The van der Waals surface area contributed by atoms with Crippen molar-refractivity contribution in [1.29, 1.82) is 0 Å². The molecule has 1 aliphatic carbocycles.